The number of rotatable bonds is 13. The molecule has 1 atom stereocenters. The first-order valence-corrected chi connectivity index (χ1v) is 18.0. The molecule has 4 aromatic rings. The van der Waals surface area contributed by atoms with Crippen molar-refractivity contribution < 1.29 is 33.4 Å². The number of hydrogen-bond acceptors (Lipinski definition) is 9. The summed E-state index contributed by atoms with van der Waals surface area (Å²) in [5, 5.41) is 9.07. The molecule has 0 spiro atoms. The summed E-state index contributed by atoms with van der Waals surface area (Å²) in [6.07, 6.45) is 4.16. The van der Waals surface area contributed by atoms with Crippen molar-refractivity contribution in [1.82, 2.24) is 5.32 Å². The summed E-state index contributed by atoms with van der Waals surface area (Å²) in [4.78, 5) is 54.6. The Balaban J connectivity index is 1.30. The largest absolute Gasteiger partial charge is 0.493 e. The zero-order valence-electron chi connectivity index (χ0n) is 28.3. The molecule has 260 valence electrons. The summed E-state index contributed by atoms with van der Waals surface area (Å²) in [5.41, 5.74) is 2.79. The van der Waals surface area contributed by atoms with Gasteiger partial charge in [0.2, 0.25) is 5.91 Å². The van der Waals surface area contributed by atoms with Crippen LogP contribution in [0.1, 0.15) is 57.0 Å². The number of carbonyl (C=O) groups is 4. The third-order valence-electron chi connectivity index (χ3n) is 7.97. The fourth-order valence-electron chi connectivity index (χ4n) is 5.56. The lowest BCUT2D eigenvalue weighted by atomic mass is 9.88. The molecule has 3 N–H and O–H groups in total. The van der Waals surface area contributed by atoms with Gasteiger partial charge in [0, 0.05) is 26.6 Å². The average molecular weight is 714 g/mol. The second kappa shape index (κ2) is 17.0. The minimum Gasteiger partial charge on any atom is -0.493 e. The van der Waals surface area contributed by atoms with E-state index in [0.29, 0.717) is 44.8 Å². The minimum absolute atomic E-state index is 0.0201. The third kappa shape index (κ3) is 8.93. The van der Waals surface area contributed by atoms with E-state index in [-0.39, 0.29) is 24.0 Å². The van der Waals surface area contributed by atoms with Crippen LogP contribution in [0.3, 0.4) is 0 Å². The molecule has 10 nitrogen and oxygen atoms in total. The van der Waals surface area contributed by atoms with Gasteiger partial charge in [-0.25, -0.2) is 4.79 Å². The third-order valence-corrected chi connectivity index (χ3v) is 10.1. The maximum atomic E-state index is 13.7. The number of carbonyl (C=O) groups excluding carboxylic acids is 4. The van der Waals surface area contributed by atoms with Crippen molar-refractivity contribution in [3.8, 4) is 11.5 Å². The lowest BCUT2D eigenvalue weighted by Gasteiger charge is -2.18. The number of methoxy groups -OCH3 is 2. The van der Waals surface area contributed by atoms with Crippen molar-refractivity contribution >= 4 is 63.6 Å². The molecule has 5 rings (SSSR count). The number of ether oxygens (including phenoxy) is 3. The van der Waals surface area contributed by atoms with E-state index in [1.54, 1.807) is 73.7 Å². The lowest BCUT2D eigenvalue weighted by molar-refractivity contribution is -0.114. The van der Waals surface area contributed by atoms with Crippen molar-refractivity contribution in [3.63, 3.8) is 0 Å². The number of amides is 3. The Bertz CT molecular complexity index is 1910. The van der Waals surface area contributed by atoms with E-state index in [1.165, 1.54) is 43.4 Å². The topological polar surface area (TPSA) is 132 Å². The highest BCUT2D eigenvalue weighted by molar-refractivity contribution is 8.00. The van der Waals surface area contributed by atoms with Crippen molar-refractivity contribution in [3.05, 3.63) is 106 Å². The van der Waals surface area contributed by atoms with E-state index in [4.69, 9.17) is 14.2 Å². The van der Waals surface area contributed by atoms with E-state index >= 15 is 0 Å². The highest BCUT2D eigenvalue weighted by atomic mass is 32.2. The SMILES string of the molecule is CCOC(=O)c1c(NC(=O)CSc2cccc(NC(=O)/C(=C\c3cccc(OC)c3OC)NC(=O)c3ccccc3)c2)sc2c1CCC(C)C2. The molecule has 0 radical (unpaired) electrons. The van der Waals surface area contributed by atoms with Gasteiger partial charge in [-0.1, -0.05) is 43.3 Å². The number of thioether (sulfide) groups is 1. The molecule has 3 amide bonds. The van der Waals surface area contributed by atoms with Gasteiger partial charge >= 0.3 is 5.97 Å². The zero-order valence-corrected chi connectivity index (χ0v) is 29.9. The maximum Gasteiger partial charge on any atom is 0.341 e. The number of anilines is 2. The van der Waals surface area contributed by atoms with Gasteiger partial charge in [0.15, 0.2) is 11.5 Å². The van der Waals surface area contributed by atoms with Gasteiger partial charge in [-0.2, -0.15) is 0 Å². The highest BCUT2D eigenvalue weighted by Gasteiger charge is 2.29. The normalized spacial score (nSPS) is 13.8. The number of fused-ring (bicyclic) bond motifs is 1. The fraction of sp³-hybridized carbons (Fsp3) is 0.263. The van der Waals surface area contributed by atoms with Gasteiger partial charge < -0.3 is 30.2 Å². The van der Waals surface area contributed by atoms with Crippen LogP contribution >= 0.6 is 23.1 Å². The molecule has 1 unspecified atom stereocenters. The van der Waals surface area contributed by atoms with E-state index < -0.39 is 17.8 Å². The van der Waals surface area contributed by atoms with Crippen molar-refractivity contribution in [1.29, 1.82) is 0 Å². The first-order valence-electron chi connectivity index (χ1n) is 16.2. The molecule has 0 saturated carbocycles. The molecular weight excluding hydrogens is 675 g/mol. The van der Waals surface area contributed by atoms with E-state index in [1.807, 2.05) is 6.07 Å². The molecular formula is C38H39N3O7S2. The lowest BCUT2D eigenvalue weighted by Crippen LogP contribution is -2.30. The van der Waals surface area contributed by atoms with Crippen molar-refractivity contribution in [2.24, 2.45) is 5.92 Å². The van der Waals surface area contributed by atoms with Crippen LogP contribution in [0.2, 0.25) is 0 Å². The number of benzene rings is 3. The summed E-state index contributed by atoms with van der Waals surface area (Å²) in [6, 6.07) is 20.9. The predicted octanol–water partition coefficient (Wildman–Crippen LogP) is 7.21. The molecule has 1 aliphatic carbocycles. The second-order valence-electron chi connectivity index (χ2n) is 11.6. The Hall–Kier alpha value is -5.07. The molecule has 0 aliphatic heterocycles. The number of thiophene rings is 1. The molecule has 1 heterocycles. The van der Waals surface area contributed by atoms with Crippen molar-refractivity contribution in [2.75, 3.05) is 37.2 Å². The standard InChI is InChI=1S/C38H39N3O7S2/c1-5-48-38(45)33-28-18-17-23(2)19-31(28)50-37(33)41-32(42)22-49-27-15-10-14-26(21-27)39-36(44)29(40-35(43)24-11-7-6-8-12-24)20-25-13-9-16-30(46-3)34(25)47-4/h6-16,20-21,23H,5,17-19,22H2,1-4H3,(H,39,44)(H,40,43)(H,41,42)/b29-20+. The fourth-order valence-corrected chi connectivity index (χ4v) is 7.73. The van der Waals surface area contributed by atoms with Crippen LogP contribution in [-0.2, 0) is 27.2 Å². The summed E-state index contributed by atoms with van der Waals surface area (Å²) in [5.74, 6) is -0.247. The van der Waals surface area contributed by atoms with Crippen LogP contribution in [0.25, 0.3) is 6.08 Å². The molecule has 1 aromatic heterocycles. The first-order chi connectivity index (χ1) is 24.2. The van der Waals surface area contributed by atoms with Gasteiger partial charge in [0.25, 0.3) is 11.8 Å². The monoisotopic (exact) mass is 713 g/mol. The summed E-state index contributed by atoms with van der Waals surface area (Å²) < 4.78 is 16.3. The Labute approximate surface area is 299 Å². The van der Waals surface area contributed by atoms with E-state index in [9.17, 15) is 19.2 Å². The molecule has 50 heavy (non-hydrogen) atoms. The van der Waals surface area contributed by atoms with Gasteiger partial charge in [0.05, 0.1) is 32.1 Å². The van der Waals surface area contributed by atoms with Crippen molar-refractivity contribution in [2.45, 2.75) is 38.0 Å². The van der Waals surface area contributed by atoms with E-state index in [2.05, 4.69) is 22.9 Å². The minimum atomic E-state index is -0.568. The van der Waals surface area contributed by atoms with Crippen LogP contribution in [0, 0.1) is 5.92 Å². The summed E-state index contributed by atoms with van der Waals surface area (Å²) in [7, 11) is 3.01. The summed E-state index contributed by atoms with van der Waals surface area (Å²) in [6.45, 7) is 4.20. The highest BCUT2D eigenvalue weighted by Crippen LogP contribution is 2.40. The average Bonchev–Trinajstić information content (AvgIpc) is 3.47. The van der Waals surface area contributed by atoms with Crippen LogP contribution in [-0.4, -0.2) is 50.3 Å². The molecule has 0 saturated heterocycles. The van der Waals surface area contributed by atoms with Crippen LogP contribution in [0.4, 0.5) is 10.7 Å². The number of nitrogens with one attached hydrogen (secondary N) is 3. The molecule has 0 bridgehead atoms. The Kier molecular flexibility index (Phi) is 12.3. The predicted molar refractivity (Wildman–Crippen MR) is 197 cm³/mol. The number of esters is 1. The Morgan fingerprint density at radius 2 is 1.74 bits per heavy atom. The molecule has 12 heteroatoms. The van der Waals surface area contributed by atoms with Gasteiger partial charge in [-0.15, -0.1) is 23.1 Å². The summed E-state index contributed by atoms with van der Waals surface area (Å²) >= 11 is 2.74. The maximum absolute atomic E-state index is 13.7. The number of para-hydroxylation sites is 1. The van der Waals surface area contributed by atoms with Crippen LogP contribution in [0.5, 0.6) is 11.5 Å². The van der Waals surface area contributed by atoms with E-state index in [0.717, 1.165) is 34.6 Å². The molecule has 3 aromatic carbocycles. The Morgan fingerprint density at radius 3 is 2.48 bits per heavy atom. The van der Waals surface area contributed by atoms with Gasteiger partial charge in [-0.3, -0.25) is 14.4 Å². The zero-order chi connectivity index (χ0) is 35.6. The van der Waals surface area contributed by atoms with Crippen LogP contribution < -0.4 is 25.4 Å². The quantitative estimate of drug-likeness (QED) is 0.0753. The smallest absolute Gasteiger partial charge is 0.341 e. The van der Waals surface area contributed by atoms with Crippen LogP contribution in [0.15, 0.2) is 83.4 Å². The molecule has 0 fully saturated rings. The Morgan fingerprint density at radius 1 is 0.960 bits per heavy atom. The second-order valence-corrected chi connectivity index (χ2v) is 13.7. The van der Waals surface area contributed by atoms with Gasteiger partial charge in [0.1, 0.15) is 10.7 Å². The van der Waals surface area contributed by atoms with Gasteiger partial charge in [-0.05, 0) is 80.1 Å². The number of hydrogen-bond donors (Lipinski definition) is 3. The molecule has 1 aliphatic rings. The first kappa shape index (κ1) is 36.2.